The van der Waals surface area contributed by atoms with Gasteiger partial charge in [-0.05, 0) is 61.1 Å². The highest BCUT2D eigenvalue weighted by molar-refractivity contribution is 8.68. The van der Waals surface area contributed by atoms with Crippen LogP contribution in [0.1, 0.15) is 49.7 Å². The third-order valence-electron chi connectivity index (χ3n) is 17.9. The SMILES string of the molecule is Cl.O=C(CCc1ccc2c(=O)c3sc4c(=O)c5ccccc5c(=O)c4c3c(=O)c2c1)N1CCC(N2CCOCC2)CC1.O=C(CCc1ccc2c(=O)c3sc4c(=O)c5ccccc5c(=O)c4c3c(=O)c2c1)N1CCC([NH+]2CCOCC2)CC1.S=S=S=S=S=S.S=S=S=S=S=S=S.[Cl-]. The molecule has 16 nitrogen and oxygen atoms in total. The molecule has 2 aromatic heterocycles. The molecule has 8 aromatic carbocycles. The smallest absolute Gasteiger partial charge is 0.222 e. The molecule has 97 heavy (non-hydrogen) atoms. The van der Waals surface area contributed by atoms with E-state index in [1.54, 1.807) is 116 Å². The van der Waals surface area contributed by atoms with Crippen LogP contribution in [0.5, 0.6) is 0 Å². The first-order valence-corrected chi connectivity index (χ1v) is 46.4. The molecule has 0 aliphatic carbocycles. The number of likely N-dealkylation sites (tertiary alicyclic amines) is 2. The number of thiophene rings is 2. The zero-order valence-electron chi connectivity index (χ0n) is 51.0. The van der Waals surface area contributed by atoms with Crippen LogP contribution in [0.2, 0.25) is 0 Å². The maximum absolute atomic E-state index is 13.8. The van der Waals surface area contributed by atoms with Crippen LogP contribution in [0.4, 0.5) is 0 Å². The average molecular weight is 1630 g/mol. The maximum Gasteiger partial charge on any atom is 0.222 e. The molecular formula is C64H58Cl2N4O12S15. The van der Waals surface area contributed by atoms with Crippen molar-refractivity contribution in [3.63, 3.8) is 0 Å². The van der Waals surface area contributed by atoms with Gasteiger partial charge in [-0.2, -0.15) is 0 Å². The number of hydrogen-bond acceptors (Lipinski definition) is 19. The summed E-state index contributed by atoms with van der Waals surface area (Å²) in [5.41, 5.74) is -1.49. The number of amides is 2. The lowest BCUT2D eigenvalue weighted by atomic mass is 9.99. The Hall–Kier alpha value is -4.14. The lowest BCUT2D eigenvalue weighted by Crippen LogP contribution is -3.18. The van der Waals surface area contributed by atoms with Crippen LogP contribution in [-0.2, 0) is 157 Å². The molecule has 4 aliphatic rings. The van der Waals surface area contributed by atoms with Gasteiger partial charge in [0.2, 0.25) is 33.5 Å². The monoisotopic (exact) mass is 1620 g/mol. The fourth-order valence-electron chi connectivity index (χ4n) is 13.3. The molecular weight excluding hydrogens is 1570 g/mol. The molecule has 4 aliphatic heterocycles. The number of morpholine rings is 2. The lowest BCUT2D eigenvalue weighted by Gasteiger charge is -2.40. The van der Waals surface area contributed by atoms with Crippen molar-refractivity contribution in [2.75, 3.05) is 78.8 Å². The Labute approximate surface area is 619 Å². The number of piperidine rings is 2. The van der Waals surface area contributed by atoms with E-state index in [-0.39, 0.29) is 131 Å². The summed E-state index contributed by atoms with van der Waals surface area (Å²) in [5, 5.41) is 2.20. The van der Waals surface area contributed by atoms with Gasteiger partial charge in [-0.25, -0.2) is 0 Å². The number of hydrogen-bond donors (Lipinski definition) is 1. The number of rotatable bonds is 8. The number of fused-ring (bicyclic) bond motifs is 10. The van der Waals surface area contributed by atoms with Crippen LogP contribution in [-0.4, -0.2) is 117 Å². The second-order valence-electron chi connectivity index (χ2n) is 22.8. The van der Waals surface area contributed by atoms with Gasteiger partial charge in [-0.15, -0.1) is 35.1 Å². The topological polar surface area (TPSA) is 203 Å². The average Bonchev–Trinajstić information content (AvgIpc) is 1.60. The Morgan fingerprint density at radius 3 is 1.14 bits per heavy atom. The number of carbonyl (C=O) groups is 2. The fourth-order valence-corrected chi connectivity index (χ4v) is 29.4. The van der Waals surface area contributed by atoms with Crippen LogP contribution in [0.25, 0.3) is 83.4 Å². The van der Waals surface area contributed by atoms with Crippen molar-refractivity contribution in [3.8, 4) is 0 Å². The summed E-state index contributed by atoms with van der Waals surface area (Å²) < 4.78 is 11.5. The second kappa shape index (κ2) is 36.1. The number of quaternary nitrogens is 1. The second-order valence-corrected chi connectivity index (χ2v) is 40.8. The third kappa shape index (κ3) is 17.0. The minimum atomic E-state index is -0.425. The number of benzene rings is 8. The van der Waals surface area contributed by atoms with E-state index in [1.165, 1.54) is 53.3 Å². The molecule has 0 saturated carbocycles. The molecule has 33 heteroatoms. The quantitative estimate of drug-likeness (QED) is 0.231. The third-order valence-corrected chi connectivity index (χ3v) is 35.8. The van der Waals surface area contributed by atoms with Gasteiger partial charge in [0.25, 0.3) is 0 Å². The van der Waals surface area contributed by atoms with Crippen molar-refractivity contribution in [2.24, 2.45) is 0 Å². The molecule has 0 bridgehead atoms. The summed E-state index contributed by atoms with van der Waals surface area (Å²) in [4.78, 5) is 142. The fraction of sp³-hybridized carbons (Fsp3) is 0.344. The standard InChI is InChI=1S/2C32H28N2O6S.2ClH.S7.S6/c2*35-24(34-11-9-19(10-12-34)33-13-15-40-16-14-33)8-6-18-5-7-22-23(17-18)28(37)26-25-27(36)20-3-1-2-4-21(20)29(38)31(25)41-32(26)30(22)39;;;1-3-5-7-6-4-2;1-3-5-6-4-2/h2*1-5,7,17,19H,6,8-16H2;2*1H;;. The van der Waals surface area contributed by atoms with Crippen molar-refractivity contribution in [1.82, 2.24) is 14.7 Å². The number of nitrogens with one attached hydrogen (secondary N) is 1. The maximum atomic E-state index is 13.8. The van der Waals surface area contributed by atoms with Gasteiger partial charge in [0.1, 0.15) is 13.1 Å². The first-order chi connectivity index (χ1) is 46.2. The molecule has 0 atom stereocenters. The number of carbonyl (C=O) groups excluding carboxylic acids is 2. The molecule has 510 valence electrons. The highest BCUT2D eigenvalue weighted by Crippen LogP contribution is 2.31. The van der Waals surface area contributed by atoms with E-state index in [0.717, 1.165) is 138 Å². The van der Waals surface area contributed by atoms with Crippen molar-refractivity contribution in [2.45, 2.75) is 63.5 Å². The minimum Gasteiger partial charge on any atom is -1.00 e. The van der Waals surface area contributed by atoms with Crippen LogP contribution in [0.3, 0.4) is 0 Å². The predicted octanol–water partition coefficient (Wildman–Crippen LogP) is 1.84. The normalized spacial score (nSPS) is 15.5. The van der Waals surface area contributed by atoms with Gasteiger partial charge in [-0.3, -0.25) is 52.8 Å². The predicted molar refractivity (Wildman–Crippen MR) is 426 cm³/mol. The number of ether oxygens (including phenoxy) is 2. The zero-order chi connectivity index (χ0) is 66.9. The Morgan fingerprint density at radius 1 is 0.433 bits per heavy atom. The van der Waals surface area contributed by atoms with Crippen LogP contribution < -0.4 is 60.7 Å². The number of halogens is 2. The molecule has 14 rings (SSSR count). The Bertz CT molecular complexity index is 5290. The first kappa shape index (κ1) is 77.0. The van der Waals surface area contributed by atoms with Crippen molar-refractivity contribution >= 4 is 255 Å². The summed E-state index contributed by atoms with van der Waals surface area (Å²) in [7, 11) is 13.0. The molecule has 6 heterocycles. The summed E-state index contributed by atoms with van der Waals surface area (Å²) in [5.74, 6) is 0.181. The molecule has 0 unspecified atom stereocenters. The minimum absolute atomic E-state index is 0. The zero-order valence-corrected chi connectivity index (χ0v) is 64.9. The summed E-state index contributed by atoms with van der Waals surface area (Å²) in [6.45, 7) is 10.1. The largest absolute Gasteiger partial charge is 1.00 e. The van der Waals surface area contributed by atoms with Crippen molar-refractivity contribution in [1.29, 1.82) is 0 Å². The van der Waals surface area contributed by atoms with Gasteiger partial charge >= 0.3 is 0 Å². The number of aryl methyl sites for hydroxylation is 2. The highest BCUT2D eigenvalue weighted by atomic mass is 35.5. The first-order valence-electron chi connectivity index (χ1n) is 30.1. The van der Waals surface area contributed by atoms with E-state index < -0.39 is 21.7 Å². The molecule has 0 radical (unpaired) electrons. The number of nitrogens with zero attached hydrogens (tertiary/aromatic N) is 3. The van der Waals surface area contributed by atoms with E-state index in [4.69, 9.17) is 9.47 Å². The van der Waals surface area contributed by atoms with Gasteiger partial charge in [0.05, 0.1) is 72.8 Å². The summed E-state index contributed by atoms with van der Waals surface area (Å²) in [6, 6.07) is 24.3. The van der Waals surface area contributed by atoms with Gasteiger partial charge in [0, 0.05) is 239 Å². The van der Waals surface area contributed by atoms with E-state index in [2.05, 4.69) is 49.7 Å². The molecule has 0 spiro atoms. The van der Waals surface area contributed by atoms with E-state index >= 15 is 0 Å². The van der Waals surface area contributed by atoms with Crippen molar-refractivity contribution in [3.05, 3.63) is 178 Å². The summed E-state index contributed by atoms with van der Waals surface area (Å²) >= 11 is 20.0. The van der Waals surface area contributed by atoms with Gasteiger partial charge in [0.15, 0.2) is 21.7 Å². The molecule has 4 fully saturated rings. The van der Waals surface area contributed by atoms with E-state index in [1.807, 2.05) is 9.80 Å². The van der Waals surface area contributed by atoms with Crippen molar-refractivity contribution < 1.29 is 36.4 Å². The Balaban J connectivity index is 0.000000189. The molecule has 1 N–H and O–H groups in total. The van der Waals surface area contributed by atoms with E-state index in [0.29, 0.717) is 48.5 Å². The van der Waals surface area contributed by atoms with Crippen LogP contribution in [0.15, 0.2) is 123 Å². The Kier molecular flexibility index (Phi) is 28.7. The lowest BCUT2D eigenvalue weighted by molar-refractivity contribution is -0.934. The van der Waals surface area contributed by atoms with E-state index in [9.17, 15) is 47.9 Å². The summed E-state index contributed by atoms with van der Waals surface area (Å²) in [6.07, 6.45) is 5.42. The van der Waals surface area contributed by atoms with Gasteiger partial charge in [-0.1, -0.05) is 60.7 Å². The van der Waals surface area contributed by atoms with Gasteiger partial charge < -0.3 is 36.6 Å². The highest BCUT2D eigenvalue weighted by Gasteiger charge is 2.32. The Morgan fingerprint density at radius 2 is 0.763 bits per heavy atom. The van der Waals surface area contributed by atoms with Crippen LogP contribution in [0, 0.1) is 0 Å². The van der Waals surface area contributed by atoms with Crippen LogP contribution >= 0.6 is 35.1 Å². The molecule has 10 aromatic rings. The molecule has 4 saturated heterocycles. The molecule has 2 amide bonds.